The van der Waals surface area contributed by atoms with E-state index in [0.29, 0.717) is 0 Å². The molecule has 0 unspecified atom stereocenters. The van der Waals surface area contributed by atoms with Crippen molar-refractivity contribution in [1.29, 1.82) is 0 Å². The maximum atomic E-state index is 9.00. The number of hydrogen-bond acceptors (Lipinski definition) is 3. The molecule has 0 fully saturated rings. The standard InChI is InChI=1S/CHNO4.H3N/c3-1(4)2(5)6;/h(H,3,4);1H3/p+1. The summed E-state index contributed by atoms with van der Waals surface area (Å²) in [5.74, 6) is 0. The van der Waals surface area contributed by atoms with Crippen molar-refractivity contribution >= 4 is 6.09 Å². The molecule has 5 N–H and O–H groups in total. The number of quaternary nitrogens is 1. The van der Waals surface area contributed by atoms with Gasteiger partial charge >= 0.3 is 6.09 Å². The fourth-order valence-electron chi connectivity index (χ4n) is 0. The van der Waals surface area contributed by atoms with E-state index in [4.69, 9.17) is 20.0 Å². The molecule has 0 bridgehead atoms. The zero-order valence-corrected chi connectivity index (χ0v) is 3.62. The molecule has 0 aromatic rings. The van der Waals surface area contributed by atoms with E-state index in [1.54, 1.807) is 0 Å². The average Bonchev–Trinajstić information content (AvgIpc) is 1.36. The van der Waals surface area contributed by atoms with Crippen LogP contribution in [-0.4, -0.2) is 16.1 Å². The average molecular weight is 109 g/mol. The van der Waals surface area contributed by atoms with E-state index in [0.717, 1.165) is 0 Å². The maximum absolute atomic E-state index is 9.00. The van der Waals surface area contributed by atoms with Crippen LogP contribution in [0.5, 0.6) is 0 Å². The molecule has 0 spiro atoms. The molecule has 0 saturated carbocycles. The molecule has 0 aromatic heterocycles. The lowest BCUT2D eigenvalue weighted by molar-refractivity contribution is -0.392. The maximum Gasteiger partial charge on any atom is 0.654 e. The van der Waals surface area contributed by atoms with Crippen LogP contribution in [0.1, 0.15) is 0 Å². The van der Waals surface area contributed by atoms with Gasteiger partial charge in [0.15, 0.2) is 0 Å². The van der Waals surface area contributed by atoms with Crippen molar-refractivity contribution in [3.8, 4) is 0 Å². The molecule has 6 nitrogen and oxygen atoms in total. The van der Waals surface area contributed by atoms with Crippen molar-refractivity contribution < 1.29 is 14.8 Å². The number of carboxylic acid groups (broad SMARTS) is 1. The van der Waals surface area contributed by atoms with Crippen LogP contribution in [-0.2, 0) is 0 Å². The highest BCUT2D eigenvalue weighted by Crippen LogP contribution is 1.64. The summed E-state index contributed by atoms with van der Waals surface area (Å²) < 4.78 is 0. The molecule has 7 heavy (non-hydrogen) atoms. The van der Waals surface area contributed by atoms with Crippen LogP contribution in [0.4, 0.5) is 4.79 Å². The number of nitrogens with zero attached hydrogens (tertiary/aromatic N) is 1. The Hall–Kier alpha value is -1.17. The Kier molecular flexibility index (Phi) is 4.02. The van der Waals surface area contributed by atoms with Gasteiger partial charge in [-0.1, -0.05) is 0 Å². The van der Waals surface area contributed by atoms with Crippen molar-refractivity contribution in [2.45, 2.75) is 0 Å². The molecular weight excluding hydrogens is 104 g/mol. The fraction of sp³-hybridized carbons (Fsp3) is 0. The van der Waals surface area contributed by atoms with E-state index in [1.807, 2.05) is 0 Å². The lowest BCUT2D eigenvalue weighted by Gasteiger charge is -1.70. The number of carbonyl (C=O) groups is 1. The van der Waals surface area contributed by atoms with Crippen LogP contribution >= 0.6 is 0 Å². The van der Waals surface area contributed by atoms with Crippen LogP contribution < -0.4 is 6.15 Å². The zero-order chi connectivity index (χ0) is 5.15. The highest BCUT2D eigenvalue weighted by molar-refractivity contribution is 5.54. The second-order valence-corrected chi connectivity index (χ2v) is 0.540. The zero-order valence-electron chi connectivity index (χ0n) is 3.62. The fourth-order valence-corrected chi connectivity index (χ4v) is 0. The summed E-state index contributed by atoms with van der Waals surface area (Å²) in [4.78, 5) is 16.5. The van der Waals surface area contributed by atoms with Gasteiger partial charge in [0.25, 0.3) is 0 Å². The molecule has 0 aromatic carbocycles. The normalized spacial score (nSPS) is 6.29. The molecule has 0 rings (SSSR count). The van der Waals surface area contributed by atoms with Crippen molar-refractivity contribution in [1.82, 2.24) is 6.15 Å². The van der Waals surface area contributed by atoms with E-state index >= 15 is 0 Å². The Morgan fingerprint density at radius 1 is 1.71 bits per heavy atom. The third kappa shape index (κ3) is 4.83. The second-order valence-electron chi connectivity index (χ2n) is 0.540. The second kappa shape index (κ2) is 3.04. The van der Waals surface area contributed by atoms with E-state index in [1.165, 1.54) is 0 Å². The minimum Gasteiger partial charge on any atom is -0.423 e. The van der Waals surface area contributed by atoms with Gasteiger partial charge in [-0.3, -0.25) is 10.1 Å². The summed E-state index contributed by atoms with van der Waals surface area (Å²) >= 11 is 0. The minimum atomic E-state index is -2.02. The summed E-state index contributed by atoms with van der Waals surface area (Å²) in [7, 11) is 0. The van der Waals surface area contributed by atoms with Gasteiger partial charge in [0.05, 0.1) is 0 Å². The minimum absolute atomic E-state index is 0. The highest BCUT2D eigenvalue weighted by atomic mass is 16.7. The number of nitro groups is 1. The molecule has 0 aliphatic heterocycles. The van der Waals surface area contributed by atoms with E-state index in [9.17, 15) is 0 Å². The quantitative estimate of drug-likeness (QED) is 0.344. The molecular formula is CH5N2O4+. The summed E-state index contributed by atoms with van der Waals surface area (Å²) in [5.41, 5.74) is 0. The third-order valence-corrected chi connectivity index (χ3v) is 0.156. The van der Waals surface area contributed by atoms with Crippen LogP contribution in [0.15, 0.2) is 0 Å². The lowest BCUT2D eigenvalue weighted by atomic mass is 11.3. The van der Waals surface area contributed by atoms with Crippen LogP contribution in [0.2, 0.25) is 0 Å². The summed E-state index contributed by atoms with van der Waals surface area (Å²) in [6, 6.07) is 0. The third-order valence-electron chi connectivity index (χ3n) is 0.156. The summed E-state index contributed by atoms with van der Waals surface area (Å²) in [5, 5.41) is 16.2. The SMILES string of the molecule is O=C(O)[N+](=O)[O-].[NH4+]. The Balaban J connectivity index is 0. The summed E-state index contributed by atoms with van der Waals surface area (Å²) in [6.45, 7) is 0. The smallest absolute Gasteiger partial charge is 0.423 e. The van der Waals surface area contributed by atoms with Gasteiger partial charge in [-0.05, 0) is 0 Å². The van der Waals surface area contributed by atoms with Crippen LogP contribution in [0.25, 0.3) is 0 Å². The molecule has 0 aliphatic carbocycles. The first kappa shape index (κ1) is 9.27. The van der Waals surface area contributed by atoms with Gasteiger partial charge < -0.3 is 11.3 Å². The molecule has 0 heterocycles. The number of hydrogen-bond donors (Lipinski definition) is 2. The van der Waals surface area contributed by atoms with E-state index < -0.39 is 11.0 Å². The molecule has 42 valence electrons. The highest BCUT2D eigenvalue weighted by Gasteiger charge is 2.07. The van der Waals surface area contributed by atoms with Crippen molar-refractivity contribution in [2.24, 2.45) is 0 Å². The first-order valence-corrected chi connectivity index (χ1v) is 1.02. The molecule has 6 heteroatoms. The molecule has 0 saturated heterocycles. The van der Waals surface area contributed by atoms with Crippen LogP contribution in [0, 0.1) is 10.1 Å². The molecule has 1 amide bonds. The molecule has 0 aliphatic rings. The Morgan fingerprint density at radius 2 is 1.86 bits per heavy atom. The van der Waals surface area contributed by atoms with Crippen LogP contribution in [0.3, 0.4) is 0 Å². The summed E-state index contributed by atoms with van der Waals surface area (Å²) in [6.07, 6.45) is -2.02. The van der Waals surface area contributed by atoms with Gasteiger partial charge in [-0.2, -0.15) is 4.79 Å². The van der Waals surface area contributed by atoms with Crippen molar-refractivity contribution in [3.63, 3.8) is 0 Å². The van der Waals surface area contributed by atoms with Gasteiger partial charge in [0, 0.05) is 0 Å². The largest absolute Gasteiger partial charge is 0.654 e. The Labute approximate surface area is 38.5 Å². The molecule has 0 radical (unpaired) electrons. The van der Waals surface area contributed by atoms with Crippen molar-refractivity contribution in [3.05, 3.63) is 10.1 Å². The first-order valence-electron chi connectivity index (χ1n) is 1.02. The first-order chi connectivity index (χ1) is 2.64. The predicted octanol–water partition coefficient (Wildman–Crippen LogP) is 0.317. The number of amides is 1. The van der Waals surface area contributed by atoms with Gasteiger partial charge in [-0.15, -0.1) is 0 Å². The topological polar surface area (TPSA) is 117 Å². The van der Waals surface area contributed by atoms with Gasteiger partial charge in [0.2, 0.25) is 0 Å². The van der Waals surface area contributed by atoms with E-state index in [-0.39, 0.29) is 6.15 Å². The van der Waals surface area contributed by atoms with Crippen molar-refractivity contribution in [2.75, 3.05) is 0 Å². The Bertz CT molecular complexity index is 75.7. The Morgan fingerprint density at radius 3 is 1.86 bits per heavy atom. The van der Waals surface area contributed by atoms with Gasteiger partial charge in [0.1, 0.15) is 4.92 Å². The predicted molar refractivity (Wildman–Crippen MR) is 21.0 cm³/mol. The monoisotopic (exact) mass is 109 g/mol. The number of rotatable bonds is 0. The molecule has 0 atom stereocenters. The lowest BCUT2D eigenvalue weighted by Crippen LogP contribution is -2.05. The van der Waals surface area contributed by atoms with Gasteiger partial charge in [-0.25, -0.2) is 0 Å². The van der Waals surface area contributed by atoms with E-state index in [2.05, 4.69) is 0 Å².